The van der Waals surface area contributed by atoms with Crippen LogP contribution in [0.25, 0.3) is 44.5 Å². The molecule has 0 heterocycles. The predicted octanol–water partition coefficient (Wildman–Crippen LogP) is 11.9. The van der Waals surface area contributed by atoms with E-state index < -0.39 is 23.3 Å². The van der Waals surface area contributed by atoms with Crippen LogP contribution in [0.15, 0.2) is 147 Å². The van der Waals surface area contributed by atoms with Gasteiger partial charge in [-0.3, -0.25) is 4.79 Å². The molecule has 0 saturated heterocycles. The number of carbonyl (C=O) groups excluding carboxylic acids is 1. The molecule has 0 unspecified atom stereocenters. The average molecular weight is 761 g/mol. The van der Waals surface area contributed by atoms with Gasteiger partial charge in [-0.05, 0) is 107 Å². The molecule has 0 fully saturated rings. The zero-order valence-electron chi connectivity index (χ0n) is 30.2. The lowest BCUT2D eigenvalue weighted by atomic mass is 9.88. The number of halogens is 5. The van der Waals surface area contributed by atoms with Crippen LogP contribution in [0.2, 0.25) is 0 Å². The zero-order valence-corrected chi connectivity index (χ0v) is 31.0. The maximum Gasteiger partial charge on any atom is 0.193 e. The van der Waals surface area contributed by atoms with Crippen LogP contribution in [0.4, 0.5) is 17.6 Å². The van der Waals surface area contributed by atoms with E-state index in [1.807, 2.05) is 60.7 Å². The number of carbonyl (C=O) groups is 1. The van der Waals surface area contributed by atoms with Crippen molar-refractivity contribution >= 4 is 18.2 Å². The summed E-state index contributed by atoms with van der Waals surface area (Å²) in [5, 5.41) is 6.71. The summed E-state index contributed by atoms with van der Waals surface area (Å²) >= 11 is 0. The van der Waals surface area contributed by atoms with Crippen LogP contribution in [0.5, 0.6) is 0 Å². The molecular formula is C47H41ClF4N2O. The summed E-state index contributed by atoms with van der Waals surface area (Å²) in [4.78, 5) is 14.2. The van der Waals surface area contributed by atoms with Crippen LogP contribution in [-0.2, 0) is 13.1 Å². The van der Waals surface area contributed by atoms with Gasteiger partial charge in [0.15, 0.2) is 5.78 Å². The number of nitrogens with one attached hydrogen (secondary N) is 2. The van der Waals surface area contributed by atoms with Crippen LogP contribution >= 0.6 is 12.4 Å². The molecule has 0 aliphatic heterocycles. The van der Waals surface area contributed by atoms with Gasteiger partial charge in [-0.25, -0.2) is 17.6 Å². The first-order chi connectivity index (χ1) is 26.2. The van der Waals surface area contributed by atoms with E-state index in [4.69, 9.17) is 0 Å². The van der Waals surface area contributed by atoms with E-state index in [0.717, 1.165) is 60.3 Å². The first-order valence-corrected chi connectivity index (χ1v) is 17.8. The summed E-state index contributed by atoms with van der Waals surface area (Å²) in [7, 11) is 0. The number of rotatable bonds is 16. The summed E-state index contributed by atoms with van der Waals surface area (Å²) in [5.41, 5.74) is 6.64. The third-order valence-electron chi connectivity index (χ3n) is 9.24. The van der Waals surface area contributed by atoms with Crippen LogP contribution < -0.4 is 10.6 Å². The van der Waals surface area contributed by atoms with Gasteiger partial charge in [-0.2, -0.15) is 0 Å². The molecule has 0 aliphatic rings. The van der Waals surface area contributed by atoms with Gasteiger partial charge in [-0.15, -0.1) is 25.6 Å². The van der Waals surface area contributed by atoms with Crippen molar-refractivity contribution in [2.75, 3.05) is 13.1 Å². The topological polar surface area (TPSA) is 41.1 Å². The quantitative estimate of drug-likeness (QED) is 0.0447. The molecule has 0 amide bonds. The van der Waals surface area contributed by atoms with Crippen molar-refractivity contribution < 1.29 is 22.4 Å². The largest absolute Gasteiger partial charge is 0.312 e. The zero-order chi connectivity index (χ0) is 38.0. The standard InChI is InChI=1S/C47H40F4N2O.ClH/c1-3-5-23-52-29-31-7-11-33(12-8-31)39-19-15-35(25-43(39)41-21-17-37(48)27-45(41)50)47(54)36-16-20-40(44(26-36)42-22-18-38(49)28-46(42)51)34-13-9-32(10-14-34)30-53-24-6-4-2;/h3-4,7-22,25-28,52-53H,1-2,5-6,23-24,29-30H2;1H. The van der Waals surface area contributed by atoms with Crippen LogP contribution in [0.3, 0.4) is 0 Å². The van der Waals surface area contributed by atoms with Crippen molar-refractivity contribution in [1.82, 2.24) is 10.6 Å². The number of hydrogen-bond acceptors (Lipinski definition) is 3. The van der Waals surface area contributed by atoms with Gasteiger partial charge in [0.05, 0.1) is 0 Å². The minimum atomic E-state index is -0.763. The fourth-order valence-corrected chi connectivity index (χ4v) is 6.38. The molecule has 0 saturated carbocycles. The molecular weight excluding hydrogens is 720 g/mol. The van der Waals surface area contributed by atoms with Gasteiger partial charge in [0.2, 0.25) is 0 Å². The van der Waals surface area contributed by atoms with E-state index in [2.05, 4.69) is 23.8 Å². The highest BCUT2D eigenvalue weighted by Crippen LogP contribution is 2.38. The molecule has 8 heteroatoms. The lowest BCUT2D eigenvalue weighted by molar-refractivity contribution is 0.103. The Balaban J connectivity index is 0.00000580. The van der Waals surface area contributed by atoms with Crippen molar-refractivity contribution in [2.24, 2.45) is 0 Å². The van der Waals surface area contributed by atoms with E-state index >= 15 is 8.78 Å². The molecule has 6 aromatic carbocycles. The third kappa shape index (κ3) is 9.94. The van der Waals surface area contributed by atoms with Crippen molar-refractivity contribution in [1.29, 1.82) is 0 Å². The highest BCUT2D eigenvalue weighted by Gasteiger charge is 2.20. The minimum absolute atomic E-state index is 0. The van der Waals surface area contributed by atoms with Crippen LogP contribution in [-0.4, -0.2) is 18.9 Å². The first-order valence-electron chi connectivity index (χ1n) is 17.8. The Bertz CT molecular complexity index is 2130. The summed E-state index contributed by atoms with van der Waals surface area (Å²) in [5.74, 6) is -3.34. The molecule has 6 aromatic rings. The van der Waals surface area contributed by atoms with Crippen molar-refractivity contribution in [2.45, 2.75) is 25.9 Å². The Morgan fingerprint density at radius 1 is 0.491 bits per heavy atom. The second-order valence-electron chi connectivity index (χ2n) is 13.0. The maximum atomic E-state index is 15.4. The second-order valence-corrected chi connectivity index (χ2v) is 13.0. The molecule has 0 bridgehead atoms. The van der Waals surface area contributed by atoms with Gasteiger partial charge in [0.25, 0.3) is 0 Å². The van der Waals surface area contributed by atoms with E-state index in [1.165, 1.54) is 24.3 Å². The van der Waals surface area contributed by atoms with E-state index in [-0.39, 0.29) is 40.4 Å². The summed E-state index contributed by atoms with van der Waals surface area (Å²) < 4.78 is 58.8. The Kier molecular flexibility index (Phi) is 14.1. The molecule has 0 aromatic heterocycles. The minimum Gasteiger partial charge on any atom is -0.312 e. The smallest absolute Gasteiger partial charge is 0.193 e. The molecule has 0 radical (unpaired) electrons. The van der Waals surface area contributed by atoms with Crippen molar-refractivity contribution in [3.05, 3.63) is 192 Å². The monoisotopic (exact) mass is 760 g/mol. The van der Waals surface area contributed by atoms with Crippen molar-refractivity contribution in [3.8, 4) is 44.5 Å². The highest BCUT2D eigenvalue weighted by atomic mass is 35.5. The Hall–Kier alpha value is -5.60. The Morgan fingerprint density at radius 2 is 0.873 bits per heavy atom. The van der Waals surface area contributed by atoms with Gasteiger partial charge in [0, 0.05) is 47.5 Å². The lowest BCUT2D eigenvalue weighted by Gasteiger charge is -2.16. The van der Waals surface area contributed by atoms with Crippen LogP contribution in [0, 0.1) is 23.3 Å². The second kappa shape index (κ2) is 19.1. The summed E-state index contributed by atoms with van der Waals surface area (Å²) in [6, 6.07) is 32.4. The van der Waals surface area contributed by atoms with Gasteiger partial charge < -0.3 is 10.6 Å². The van der Waals surface area contributed by atoms with Gasteiger partial charge in [0.1, 0.15) is 23.3 Å². The summed E-state index contributed by atoms with van der Waals surface area (Å²) in [6.45, 7) is 10.4. The molecule has 0 atom stereocenters. The predicted molar refractivity (Wildman–Crippen MR) is 218 cm³/mol. The fraction of sp³-hybridized carbons (Fsp3) is 0.128. The van der Waals surface area contributed by atoms with Crippen LogP contribution in [0.1, 0.15) is 39.9 Å². The average Bonchev–Trinajstić information content (AvgIpc) is 3.18. The SMILES string of the molecule is C=CCCNCc1ccc(-c2ccc(C(=O)c3ccc(-c4ccc(CNCCC=C)cc4)c(-c4ccc(F)cc4F)c3)cc2-c2ccc(F)cc2F)cc1.Cl. The van der Waals surface area contributed by atoms with Gasteiger partial charge in [-0.1, -0.05) is 84.9 Å². The van der Waals surface area contributed by atoms with Crippen molar-refractivity contribution in [3.63, 3.8) is 0 Å². The Morgan fingerprint density at radius 3 is 1.24 bits per heavy atom. The normalized spacial score (nSPS) is 10.8. The summed E-state index contributed by atoms with van der Waals surface area (Å²) in [6.07, 6.45) is 5.41. The molecule has 3 nitrogen and oxygen atoms in total. The highest BCUT2D eigenvalue weighted by molar-refractivity contribution is 6.11. The van der Waals surface area contributed by atoms with E-state index in [9.17, 15) is 13.6 Å². The lowest BCUT2D eigenvalue weighted by Crippen LogP contribution is -2.13. The molecule has 55 heavy (non-hydrogen) atoms. The van der Waals surface area contributed by atoms with E-state index in [0.29, 0.717) is 35.3 Å². The maximum absolute atomic E-state index is 15.4. The molecule has 0 aliphatic carbocycles. The van der Waals surface area contributed by atoms with Gasteiger partial charge >= 0.3 is 0 Å². The Labute approximate surface area is 325 Å². The number of ketones is 1. The first kappa shape index (κ1) is 40.6. The number of benzene rings is 6. The third-order valence-corrected chi connectivity index (χ3v) is 9.24. The fourth-order valence-electron chi connectivity index (χ4n) is 6.38. The number of hydrogen-bond donors (Lipinski definition) is 2. The van der Waals surface area contributed by atoms with E-state index in [1.54, 1.807) is 36.4 Å². The molecule has 2 N–H and O–H groups in total. The molecule has 6 rings (SSSR count). The molecule has 0 spiro atoms. The molecule has 280 valence electrons.